The van der Waals surface area contributed by atoms with Gasteiger partial charge in [0.2, 0.25) is 0 Å². The van der Waals surface area contributed by atoms with Gasteiger partial charge in [-0.15, -0.1) is 10.2 Å². The Labute approximate surface area is 96.2 Å². The second-order valence-electron chi connectivity index (χ2n) is 4.36. The van der Waals surface area contributed by atoms with Crippen LogP contribution in [-0.2, 0) is 18.3 Å². The lowest BCUT2D eigenvalue weighted by Crippen LogP contribution is -2.28. The number of aromatic nitrogens is 3. The van der Waals surface area contributed by atoms with E-state index in [1.54, 1.807) is 6.33 Å². The highest BCUT2D eigenvalue weighted by Gasteiger charge is 2.25. The standard InChI is InChI=1S/C11H20N4O/c1-3-10-9(4-5-16-10)6-12-7-11-14-13-8-15(11)2/h8-10,12H,3-7H2,1-2H3. The fourth-order valence-corrected chi connectivity index (χ4v) is 2.21. The van der Waals surface area contributed by atoms with E-state index >= 15 is 0 Å². The van der Waals surface area contributed by atoms with Gasteiger partial charge in [0, 0.05) is 20.2 Å². The van der Waals surface area contributed by atoms with Gasteiger partial charge in [-0.25, -0.2) is 0 Å². The molecule has 16 heavy (non-hydrogen) atoms. The summed E-state index contributed by atoms with van der Waals surface area (Å²) < 4.78 is 7.59. The maximum atomic E-state index is 5.65. The highest BCUT2D eigenvalue weighted by molar-refractivity contribution is 4.84. The minimum Gasteiger partial charge on any atom is -0.378 e. The summed E-state index contributed by atoms with van der Waals surface area (Å²) in [5.74, 6) is 1.63. The number of nitrogens with zero attached hydrogens (tertiary/aromatic N) is 3. The van der Waals surface area contributed by atoms with Crippen LogP contribution in [0.4, 0.5) is 0 Å². The molecular weight excluding hydrogens is 204 g/mol. The minimum absolute atomic E-state index is 0.437. The zero-order valence-corrected chi connectivity index (χ0v) is 10.0. The van der Waals surface area contributed by atoms with Crippen LogP contribution in [0.15, 0.2) is 6.33 Å². The van der Waals surface area contributed by atoms with Gasteiger partial charge in [0.1, 0.15) is 12.2 Å². The molecule has 1 aromatic heterocycles. The first-order valence-electron chi connectivity index (χ1n) is 5.96. The quantitative estimate of drug-likeness (QED) is 0.800. The molecule has 2 rings (SSSR count). The molecule has 0 bridgehead atoms. The lowest BCUT2D eigenvalue weighted by molar-refractivity contribution is 0.0871. The Bertz CT molecular complexity index is 326. The first-order valence-corrected chi connectivity index (χ1v) is 5.96. The SMILES string of the molecule is CCC1OCCC1CNCc1nncn1C. The molecule has 1 aromatic rings. The Morgan fingerprint density at radius 1 is 1.62 bits per heavy atom. The molecule has 1 fully saturated rings. The van der Waals surface area contributed by atoms with Crippen molar-refractivity contribution in [1.29, 1.82) is 0 Å². The molecule has 90 valence electrons. The first kappa shape index (κ1) is 11.5. The van der Waals surface area contributed by atoms with E-state index in [0.717, 1.165) is 31.9 Å². The molecule has 0 aromatic carbocycles. The largest absolute Gasteiger partial charge is 0.378 e. The fraction of sp³-hybridized carbons (Fsp3) is 0.818. The monoisotopic (exact) mass is 224 g/mol. The lowest BCUT2D eigenvalue weighted by atomic mass is 10.00. The molecule has 1 saturated heterocycles. The summed E-state index contributed by atoms with van der Waals surface area (Å²) in [6.07, 6.45) is 4.44. The second kappa shape index (κ2) is 5.41. The van der Waals surface area contributed by atoms with E-state index in [2.05, 4.69) is 22.4 Å². The van der Waals surface area contributed by atoms with Gasteiger partial charge in [0.15, 0.2) is 0 Å². The number of rotatable bonds is 5. The molecule has 5 nitrogen and oxygen atoms in total. The van der Waals surface area contributed by atoms with Crippen molar-refractivity contribution < 1.29 is 4.74 Å². The van der Waals surface area contributed by atoms with E-state index < -0.39 is 0 Å². The van der Waals surface area contributed by atoms with Gasteiger partial charge in [-0.3, -0.25) is 0 Å². The summed E-state index contributed by atoms with van der Waals surface area (Å²) in [5.41, 5.74) is 0. The lowest BCUT2D eigenvalue weighted by Gasteiger charge is -2.16. The Hall–Kier alpha value is -0.940. The Balaban J connectivity index is 1.74. The van der Waals surface area contributed by atoms with Gasteiger partial charge < -0.3 is 14.6 Å². The van der Waals surface area contributed by atoms with Gasteiger partial charge in [0.25, 0.3) is 0 Å². The molecule has 0 amide bonds. The van der Waals surface area contributed by atoms with E-state index in [-0.39, 0.29) is 0 Å². The van der Waals surface area contributed by atoms with E-state index in [1.165, 1.54) is 6.42 Å². The predicted molar refractivity (Wildman–Crippen MR) is 60.8 cm³/mol. The smallest absolute Gasteiger partial charge is 0.146 e. The van der Waals surface area contributed by atoms with E-state index in [4.69, 9.17) is 4.74 Å². The molecular formula is C11H20N4O. The fourth-order valence-electron chi connectivity index (χ4n) is 2.21. The minimum atomic E-state index is 0.437. The molecule has 1 aliphatic rings. The molecule has 0 spiro atoms. The second-order valence-corrected chi connectivity index (χ2v) is 4.36. The molecule has 1 N–H and O–H groups in total. The average molecular weight is 224 g/mol. The Morgan fingerprint density at radius 3 is 3.19 bits per heavy atom. The molecule has 0 saturated carbocycles. The zero-order valence-electron chi connectivity index (χ0n) is 10.0. The van der Waals surface area contributed by atoms with Crippen LogP contribution in [0.2, 0.25) is 0 Å². The average Bonchev–Trinajstić information content (AvgIpc) is 2.88. The van der Waals surface area contributed by atoms with Crippen molar-refractivity contribution in [3.05, 3.63) is 12.2 Å². The van der Waals surface area contributed by atoms with Crippen LogP contribution in [0.25, 0.3) is 0 Å². The van der Waals surface area contributed by atoms with Crippen molar-refractivity contribution in [2.24, 2.45) is 13.0 Å². The van der Waals surface area contributed by atoms with E-state index in [1.807, 2.05) is 11.6 Å². The van der Waals surface area contributed by atoms with Crippen molar-refractivity contribution in [2.75, 3.05) is 13.2 Å². The Kier molecular flexibility index (Phi) is 3.90. The van der Waals surface area contributed by atoms with Crippen LogP contribution in [0.1, 0.15) is 25.6 Å². The van der Waals surface area contributed by atoms with E-state index in [0.29, 0.717) is 12.0 Å². The molecule has 2 atom stereocenters. The molecule has 1 aliphatic heterocycles. The maximum absolute atomic E-state index is 5.65. The molecule has 0 radical (unpaired) electrons. The normalized spacial score (nSPS) is 25.1. The van der Waals surface area contributed by atoms with Crippen molar-refractivity contribution in [3.8, 4) is 0 Å². The molecule has 2 heterocycles. The van der Waals surface area contributed by atoms with Crippen LogP contribution < -0.4 is 5.32 Å². The summed E-state index contributed by atoms with van der Waals surface area (Å²) in [7, 11) is 1.96. The van der Waals surface area contributed by atoms with Crippen molar-refractivity contribution in [1.82, 2.24) is 20.1 Å². The summed E-state index contributed by atoms with van der Waals surface area (Å²) in [5, 5.41) is 11.3. The van der Waals surface area contributed by atoms with Crippen molar-refractivity contribution in [2.45, 2.75) is 32.4 Å². The number of aryl methyl sites for hydroxylation is 1. The van der Waals surface area contributed by atoms with Crippen molar-refractivity contribution >= 4 is 0 Å². The van der Waals surface area contributed by atoms with Crippen LogP contribution in [0.5, 0.6) is 0 Å². The topological polar surface area (TPSA) is 52.0 Å². The third kappa shape index (κ3) is 2.59. The number of hydrogen-bond donors (Lipinski definition) is 1. The highest BCUT2D eigenvalue weighted by atomic mass is 16.5. The molecule has 5 heteroatoms. The summed E-state index contributed by atoms with van der Waals surface area (Å²) in [6, 6.07) is 0. The van der Waals surface area contributed by atoms with Crippen LogP contribution >= 0.6 is 0 Å². The van der Waals surface area contributed by atoms with Gasteiger partial charge >= 0.3 is 0 Å². The van der Waals surface area contributed by atoms with Crippen LogP contribution in [-0.4, -0.2) is 34.0 Å². The molecule has 2 unspecified atom stereocenters. The summed E-state index contributed by atoms with van der Waals surface area (Å²) in [6.45, 7) is 4.88. The summed E-state index contributed by atoms with van der Waals surface area (Å²) >= 11 is 0. The molecule has 0 aliphatic carbocycles. The van der Waals surface area contributed by atoms with Crippen LogP contribution in [0.3, 0.4) is 0 Å². The van der Waals surface area contributed by atoms with Crippen LogP contribution in [0, 0.1) is 5.92 Å². The number of ether oxygens (including phenoxy) is 1. The van der Waals surface area contributed by atoms with E-state index in [9.17, 15) is 0 Å². The predicted octanol–water partition coefficient (Wildman–Crippen LogP) is 0.720. The van der Waals surface area contributed by atoms with Gasteiger partial charge in [0.05, 0.1) is 12.6 Å². The zero-order chi connectivity index (χ0) is 11.4. The number of nitrogens with one attached hydrogen (secondary N) is 1. The summed E-state index contributed by atoms with van der Waals surface area (Å²) in [4.78, 5) is 0. The maximum Gasteiger partial charge on any atom is 0.146 e. The van der Waals surface area contributed by atoms with Crippen molar-refractivity contribution in [3.63, 3.8) is 0 Å². The third-order valence-corrected chi connectivity index (χ3v) is 3.24. The first-order chi connectivity index (χ1) is 7.81. The Morgan fingerprint density at radius 2 is 2.50 bits per heavy atom. The van der Waals surface area contributed by atoms with Gasteiger partial charge in [-0.05, 0) is 18.8 Å². The highest BCUT2D eigenvalue weighted by Crippen LogP contribution is 2.22. The number of hydrogen-bond acceptors (Lipinski definition) is 4. The van der Waals surface area contributed by atoms with Gasteiger partial charge in [-0.2, -0.15) is 0 Å². The third-order valence-electron chi connectivity index (χ3n) is 3.24. The van der Waals surface area contributed by atoms with Gasteiger partial charge in [-0.1, -0.05) is 6.92 Å².